The van der Waals surface area contributed by atoms with Gasteiger partial charge < -0.3 is 100.0 Å². The van der Waals surface area contributed by atoms with Crippen molar-refractivity contribution in [3.8, 4) is 17.2 Å². The molecule has 3 aromatic rings. The second-order valence-electron chi connectivity index (χ2n) is 26.5. The van der Waals surface area contributed by atoms with Crippen molar-refractivity contribution in [2.45, 2.75) is 196 Å². The molecule has 3 aromatic carbocycles. The van der Waals surface area contributed by atoms with E-state index >= 15 is 0 Å². The first-order valence-corrected chi connectivity index (χ1v) is 35.5. The fourth-order valence-electron chi connectivity index (χ4n) is 12.3. The number of carboxylic acid groups (broad SMARTS) is 1. The third-order valence-electron chi connectivity index (χ3n) is 18.0. The van der Waals surface area contributed by atoms with Gasteiger partial charge in [0.1, 0.15) is 89.8 Å². The Bertz CT molecular complexity index is 3530. The number of nitrogens with zero attached hydrogens (tertiary/aromatic N) is 3. The molecule has 0 aliphatic carbocycles. The van der Waals surface area contributed by atoms with Crippen LogP contribution >= 0.6 is 11.8 Å². The average Bonchev–Trinajstić information content (AvgIpc) is 1.66. The van der Waals surface area contributed by atoms with Gasteiger partial charge in [-0.15, -0.1) is 0 Å². The van der Waals surface area contributed by atoms with Gasteiger partial charge in [0, 0.05) is 45.3 Å². The highest BCUT2D eigenvalue weighted by molar-refractivity contribution is 7.98. The summed E-state index contributed by atoms with van der Waals surface area (Å²) in [5, 5.41) is 70.0. The van der Waals surface area contributed by atoms with Crippen LogP contribution in [0.25, 0.3) is 0 Å². The van der Waals surface area contributed by atoms with E-state index in [-0.39, 0.29) is 106 Å². The molecule has 6 rings (SSSR count). The minimum atomic E-state index is -1.72. The molecule has 3 saturated heterocycles. The Morgan fingerprint density at radius 3 is 1.28 bits per heavy atom. The van der Waals surface area contributed by atoms with Gasteiger partial charge in [0.15, 0.2) is 0 Å². The SMILES string of the molecule is CSCC[C@H](NC(=O)[C@H](Cc1ccc(O)cc1)NC(=O)[C@@H](N)[C@@H](C)O)C(=O)N[C@@H](CCC(N)=O)C(=O)N[C@@H](Cc1ccc(O)cc1)C(=O)N[C@@H](CC(C)C)C(=O)N[C@@H](CC(N)=O)C(=O)N1CCC[C@H]1C(=O)N1CCC[C@H]1C(=O)N1CCC[C@H]1C(=O)N[C@@H](Cc1ccc(O)cc1)C(=O)N[C@@H](C)C(=O)O. The first kappa shape index (κ1) is 81.9. The molecule has 3 heterocycles. The predicted molar refractivity (Wildman–Crippen MR) is 373 cm³/mol. The van der Waals surface area contributed by atoms with Crippen LogP contribution in [0, 0.1) is 5.92 Å². The molecule has 3 aliphatic heterocycles. The van der Waals surface area contributed by atoms with Crippen LogP contribution in [0.4, 0.5) is 0 Å². The summed E-state index contributed by atoms with van der Waals surface area (Å²) >= 11 is 1.30. The number of aromatic hydroxyl groups is 3. The van der Waals surface area contributed by atoms with Crippen LogP contribution in [-0.4, -0.2) is 233 Å². The number of rotatable bonds is 37. The van der Waals surface area contributed by atoms with Gasteiger partial charge in [0.05, 0.1) is 12.5 Å². The molecule has 103 heavy (non-hydrogen) atoms. The molecule has 13 atom stereocenters. The molecule has 562 valence electrons. The molecule has 0 saturated carbocycles. The van der Waals surface area contributed by atoms with Gasteiger partial charge in [-0.2, -0.15) is 11.8 Å². The Morgan fingerprint density at radius 1 is 0.476 bits per heavy atom. The van der Waals surface area contributed by atoms with Crippen LogP contribution in [0.2, 0.25) is 0 Å². The Kier molecular flexibility index (Phi) is 30.8. The summed E-state index contributed by atoms with van der Waals surface area (Å²) in [5.74, 6) is -13.0. The van der Waals surface area contributed by atoms with Crippen molar-refractivity contribution in [1.29, 1.82) is 0 Å². The van der Waals surface area contributed by atoms with Gasteiger partial charge in [0.2, 0.25) is 76.8 Å². The Morgan fingerprint density at radius 2 is 0.845 bits per heavy atom. The average molecular weight is 1460 g/mol. The highest BCUT2D eigenvalue weighted by atomic mass is 32.2. The number of phenols is 3. The Balaban J connectivity index is 1.19. The summed E-state index contributed by atoms with van der Waals surface area (Å²) in [6.45, 7) is 6.11. The van der Waals surface area contributed by atoms with E-state index in [1.807, 2.05) is 0 Å². The summed E-state index contributed by atoms with van der Waals surface area (Å²) in [6, 6.07) is 0.211. The lowest BCUT2D eigenvalue weighted by atomic mass is 10.00. The zero-order valence-electron chi connectivity index (χ0n) is 58.2. The van der Waals surface area contributed by atoms with Gasteiger partial charge in [0.25, 0.3) is 0 Å². The Hall–Kier alpha value is -10.1. The minimum Gasteiger partial charge on any atom is -0.508 e. The monoisotopic (exact) mass is 1460 g/mol. The van der Waals surface area contributed by atoms with Gasteiger partial charge in [-0.3, -0.25) is 67.1 Å². The maximum absolute atomic E-state index is 14.8. The number of carbonyl (C=O) groups is 14. The third kappa shape index (κ3) is 24.3. The van der Waals surface area contributed by atoms with Crippen molar-refractivity contribution < 1.29 is 92.7 Å². The fraction of sp³-hybridized carbons (Fsp3) is 0.536. The number of benzene rings is 3. The molecule has 0 spiro atoms. The van der Waals surface area contributed by atoms with Crippen LogP contribution < -0.4 is 59.7 Å². The molecule has 3 aliphatic rings. The number of aliphatic hydroxyl groups is 1. The van der Waals surface area contributed by atoms with Crippen LogP contribution in [0.3, 0.4) is 0 Å². The first-order chi connectivity index (χ1) is 48.7. The summed E-state index contributed by atoms with van der Waals surface area (Å²) in [7, 11) is 0. The number of carboxylic acids is 1. The van der Waals surface area contributed by atoms with Crippen molar-refractivity contribution in [3.63, 3.8) is 0 Å². The molecular weight excluding hydrogens is 1360 g/mol. The topological polar surface area (TPSA) is 524 Å². The first-order valence-electron chi connectivity index (χ1n) is 34.2. The zero-order chi connectivity index (χ0) is 75.9. The number of nitrogens with one attached hydrogen (secondary N) is 8. The highest BCUT2D eigenvalue weighted by Gasteiger charge is 2.48. The Labute approximate surface area is 599 Å². The van der Waals surface area contributed by atoms with E-state index in [9.17, 15) is 92.7 Å². The van der Waals surface area contributed by atoms with Gasteiger partial charge in [-0.05, 0) is 143 Å². The number of carbonyl (C=O) groups excluding carboxylic acids is 13. The zero-order valence-corrected chi connectivity index (χ0v) is 59.0. The molecule has 19 N–H and O–H groups in total. The molecule has 0 radical (unpaired) electrons. The van der Waals surface area contributed by atoms with Crippen molar-refractivity contribution in [3.05, 3.63) is 89.5 Å². The number of primary amides is 2. The number of aliphatic carboxylic acids is 1. The summed E-state index contributed by atoms with van der Waals surface area (Å²) in [4.78, 5) is 198. The lowest BCUT2D eigenvalue weighted by Gasteiger charge is -2.35. The number of phenolic OH excluding ortho intramolecular Hbond substituents is 3. The lowest BCUT2D eigenvalue weighted by molar-refractivity contribution is -0.151. The number of nitrogens with two attached hydrogens (primary N) is 3. The van der Waals surface area contributed by atoms with Crippen LogP contribution in [-0.2, 0) is 86.4 Å². The van der Waals surface area contributed by atoms with E-state index in [0.29, 0.717) is 29.5 Å². The fourth-order valence-corrected chi connectivity index (χ4v) is 12.8. The second kappa shape index (κ2) is 38.8. The molecule has 0 aromatic heterocycles. The van der Waals surface area contributed by atoms with Crippen LogP contribution in [0.1, 0.15) is 115 Å². The van der Waals surface area contributed by atoms with E-state index in [2.05, 4.69) is 42.5 Å². The summed E-state index contributed by atoms with van der Waals surface area (Å²) in [6.07, 6.45) is -0.582. The van der Waals surface area contributed by atoms with Crippen molar-refractivity contribution >= 4 is 94.5 Å². The standard InChI is InChI=1S/C69H96N14O19S/c1-36(2)31-47(76-63(95)49(33-40-14-20-43(86)21-15-40)77-58(90)45(24-25-55(70)88)74-59(91)46(26-30-103-5)75-62(94)50(79-65(97)57(72)38(4)84)34-41-16-22-44(87)23-17-41)61(93)80-51(35-56(71)89)66(98)82-28-7-10-53(82)68(100)83-29-8-11-54(83)67(99)81-27-6-9-52(81)64(96)78-48(60(92)73-37(3)69(101)102)32-39-12-18-42(85)19-13-39/h12-23,36-38,45-54,57,84-87H,6-11,24-35,72H2,1-5H3,(H2,70,88)(H2,71,89)(H,73,92)(H,74,91)(H,75,94)(H,76,95)(H,77,90)(H,78,96)(H,79,97)(H,80,93)(H,101,102)/t37-,38+,45-,46-,47-,48-,49-,50-,51-,52-,53-,54-,57-/m0/s1. The van der Waals surface area contributed by atoms with Gasteiger partial charge in [-0.1, -0.05) is 50.2 Å². The number of hydrogen-bond donors (Lipinski definition) is 16. The van der Waals surface area contributed by atoms with E-state index in [0.717, 1.165) is 0 Å². The number of amides is 13. The quantitative estimate of drug-likeness (QED) is 0.0282. The molecule has 0 bridgehead atoms. The van der Waals surface area contributed by atoms with Gasteiger partial charge >= 0.3 is 5.97 Å². The van der Waals surface area contributed by atoms with Crippen molar-refractivity contribution in [2.75, 3.05) is 31.6 Å². The van der Waals surface area contributed by atoms with Crippen LogP contribution in [0.15, 0.2) is 72.8 Å². The summed E-state index contributed by atoms with van der Waals surface area (Å²) < 4.78 is 0. The normalized spacial score (nSPS) is 18.6. The van der Waals surface area contributed by atoms with Gasteiger partial charge in [-0.25, -0.2) is 0 Å². The van der Waals surface area contributed by atoms with E-state index in [1.165, 1.54) is 113 Å². The van der Waals surface area contributed by atoms with E-state index in [1.54, 1.807) is 20.1 Å². The molecule has 33 nitrogen and oxygen atoms in total. The molecule has 3 fully saturated rings. The van der Waals surface area contributed by atoms with Crippen LogP contribution in [0.5, 0.6) is 17.2 Å². The number of thioether (sulfide) groups is 1. The third-order valence-corrected chi connectivity index (χ3v) is 18.6. The molecular formula is C69H96N14O19S. The van der Waals surface area contributed by atoms with E-state index in [4.69, 9.17) is 17.2 Å². The maximum Gasteiger partial charge on any atom is 0.325 e. The molecule has 13 amide bonds. The molecule has 34 heteroatoms. The number of aliphatic hydroxyl groups excluding tert-OH is 1. The molecule has 0 unspecified atom stereocenters. The second-order valence-corrected chi connectivity index (χ2v) is 27.5. The minimum absolute atomic E-state index is 0.0343. The number of hydrogen-bond acceptors (Lipinski definition) is 20. The van der Waals surface area contributed by atoms with E-state index < -0.39 is 181 Å². The largest absolute Gasteiger partial charge is 0.508 e. The predicted octanol–water partition coefficient (Wildman–Crippen LogP) is -2.56. The lowest BCUT2D eigenvalue weighted by Crippen LogP contribution is -2.61. The summed E-state index contributed by atoms with van der Waals surface area (Å²) in [5.41, 5.74) is 18.5. The van der Waals surface area contributed by atoms with Crippen molar-refractivity contribution in [2.24, 2.45) is 23.1 Å². The number of likely N-dealkylation sites (tertiary alicyclic amines) is 3. The smallest absolute Gasteiger partial charge is 0.325 e. The highest BCUT2D eigenvalue weighted by Crippen LogP contribution is 2.30. The maximum atomic E-state index is 14.8. The van der Waals surface area contributed by atoms with Crippen molar-refractivity contribution in [1.82, 2.24) is 57.2 Å².